The number of hydrogen-bond acceptors (Lipinski definition) is 6. The van der Waals surface area contributed by atoms with Gasteiger partial charge < -0.3 is 35.6 Å². The first kappa shape index (κ1) is 37.6. The molecule has 3 amide bonds. The number of nitrogens with one attached hydrogen (secondary N) is 2. The number of carbonyl (C=O) groups excluding carboxylic acids is 4. The van der Waals surface area contributed by atoms with Gasteiger partial charge in [0.05, 0.1) is 11.8 Å². The first-order valence-electron chi connectivity index (χ1n) is 11.1. The minimum absolute atomic E-state index is 0. The topological polar surface area (TPSA) is 130 Å². The number of nitrogens with zero attached hydrogens (tertiary/aromatic N) is 2. The zero-order valence-electron chi connectivity index (χ0n) is 21.7. The fourth-order valence-corrected chi connectivity index (χ4v) is 2.65. The van der Waals surface area contributed by atoms with Gasteiger partial charge in [0, 0.05) is 57.8 Å². The van der Waals surface area contributed by atoms with Gasteiger partial charge in [0.2, 0.25) is 5.91 Å². The van der Waals surface area contributed by atoms with Gasteiger partial charge in [-0.3, -0.25) is 9.59 Å². The number of allylic oxidation sites excluding steroid dienone is 2. The summed E-state index contributed by atoms with van der Waals surface area (Å²) < 4.78 is 5.34. The summed E-state index contributed by atoms with van der Waals surface area (Å²) >= 11 is 0. The zero-order valence-corrected chi connectivity index (χ0v) is 31.5. The first-order valence-corrected chi connectivity index (χ1v) is 11.1. The van der Waals surface area contributed by atoms with Crippen molar-refractivity contribution in [1.29, 1.82) is 0 Å². The van der Waals surface area contributed by atoms with Crippen molar-refractivity contribution in [1.82, 2.24) is 10.6 Å². The fourth-order valence-electron chi connectivity index (χ4n) is 2.65. The predicted octanol–water partition coefficient (Wildman–Crippen LogP) is -2.93. The Balaban J connectivity index is 0. The van der Waals surface area contributed by atoms with Crippen molar-refractivity contribution >= 4 is 29.2 Å². The minimum Gasteiger partial charge on any atom is -0.651 e. The van der Waals surface area contributed by atoms with Gasteiger partial charge in [-0.15, -0.1) is 12.2 Å². The molecule has 0 aliphatic carbocycles. The Kier molecular flexibility index (Phi) is 25.2. The average molecular weight is 629 g/mol. The second kappa shape index (κ2) is 23.5. The van der Waals surface area contributed by atoms with Crippen molar-refractivity contribution in [3.63, 3.8) is 0 Å². The summed E-state index contributed by atoms with van der Waals surface area (Å²) in [6, 6.07) is 6.72. The van der Waals surface area contributed by atoms with Crippen molar-refractivity contribution in [2.75, 3.05) is 33.4 Å². The van der Waals surface area contributed by atoms with Crippen molar-refractivity contribution in [2.24, 2.45) is 0 Å². The molecule has 1 aromatic carbocycles. The zero-order chi connectivity index (χ0) is 24.5. The number of rotatable bonds is 16. The number of ketones is 1. The van der Waals surface area contributed by atoms with Crippen LogP contribution in [0, 0.1) is 0 Å². The molecule has 0 aliphatic heterocycles. The van der Waals surface area contributed by atoms with Crippen molar-refractivity contribution in [2.45, 2.75) is 46.0 Å². The van der Waals surface area contributed by atoms with Crippen LogP contribution in [0.1, 0.15) is 45.1 Å². The smallest absolute Gasteiger partial charge is 0.651 e. The van der Waals surface area contributed by atoms with Crippen LogP contribution in [0.4, 0.5) is 5.69 Å². The van der Waals surface area contributed by atoms with E-state index in [4.69, 9.17) is 4.74 Å². The van der Waals surface area contributed by atoms with Crippen LogP contribution in [0.2, 0.25) is 0 Å². The second-order valence-corrected chi connectivity index (χ2v) is 7.41. The van der Waals surface area contributed by atoms with E-state index >= 15 is 0 Å². The molecule has 0 radical (unpaired) electrons. The van der Waals surface area contributed by atoms with E-state index in [0.29, 0.717) is 31.7 Å². The third-order valence-electron chi connectivity index (χ3n) is 4.43. The quantitative estimate of drug-likeness (QED) is 0.115. The van der Waals surface area contributed by atoms with E-state index in [2.05, 4.69) is 21.3 Å². The van der Waals surface area contributed by atoms with Crippen LogP contribution in [0.25, 0.3) is 10.6 Å². The Labute approximate surface area is 306 Å². The van der Waals surface area contributed by atoms with E-state index in [0.717, 1.165) is 17.7 Å². The van der Waals surface area contributed by atoms with Crippen molar-refractivity contribution in [3.8, 4) is 0 Å². The molecule has 0 atom stereocenters. The molecule has 182 valence electrons. The Morgan fingerprint density at radius 1 is 1.03 bits per heavy atom. The molecule has 0 spiro atoms. The largest absolute Gasteiger partial charge is 1.00 e. The summed E-state index contributed by atoms with van der Waals surface area (Å²) in [7, 11) is 1.75. The van der Waals surface area contributed by atoms with Crippen LogP contribution < -0.4 is 127 Å². The van der Waals surface area contributed by atoms with E-state index in [1.807, 2.05) is 13.8 Å². The number of carbonyl (C=O) groups is 4. The van der Waals surface area contributed by atoms with Gasteiger partial charge in [0.15, 0.2) is 5.78 Å². The third kappa shape index (κ3) is 20.1. The molecule has 1 aromatic rings. The molecule has 0 bridgehead atoms. The van der Waals surface area contributed by atoms with Gasteiger partial charge in [0.1, 0.15) is 0 Å². The van der Waals surface area contributed by atoms with E-state index < -0.39 is 18.2 Å². The molecule has 0 saturated heterocycles. The molecular formula is C24H34N4O5Rb2. The maximum atomic E-state index is 12.0. The summed E-state index contributed by atoms with van der Waals surface area (Å²) in [4.78, 5) is 47.1. The molecule has 1 rings (SSSR count). The maximum absolute atomic E-state index is 12.0. The second-order valence-electron chi connectivity index (χ2n) is 7.41. The SMILES string of the molecule is CCCNC(=O)CCCOCC[N-]C(=O)CC(=O)[N-]c1ccc(CC(=O)/C=C(/C)NC)cc1.[Rb+].[Rb+]. The molecule has 0 saturated carbocycles. The molecule has 0 aliphatic rings. The number of hydrogen-bond donors (Lipinski definition) is 2. The van der Waals surface area contributed by atoms with Gasteiger partial charge >= 0.3 is 116 Å². The Bertz CT molecular complexity index is 817. The summed E-state index contributed by atoms with van der Waals surface area (Å²) in [6.45, 7) is 5.28. The van der Waals surface area contributed by atoms with Crippen LogP contribution in [-0.2, 0) is 30.3 Å². The average Bonchev–Trinajstić information content (AvgIpc) is 2.78. The van der Waals surface area contributed by atoms with E-state index in [1.165, 1.54) is 6.08 Å². The first-order chi connectivity index (χ1) is 15.8. The van der Waals surface area contributed by atoms with E-state index in [9.17, 15) is 19.2 Å². The van der Waals surface area contributed by atoms with Crippen LogP contribution in [0.15, 0.2) is 36.0 Å². The van der Waals surface area contributed by atoms with Crippen LogP contribution in [-0.4, -0.2) is 56.9 Å². The van der Waals surface area contributed by atoms with Gasteiger partial charge in [0.25, 0.3) is 0 Å². The standard InChI is InChI=1S/C24H36N4O5.2Rb/c1-4-11-26-22(30)6-5-13-33-14-12-27-23(31)17-24(32)28-20-9-7-19(8-10-20)16-21(29)15-18(2)25-3;;/h7-10,15H,4-6,11-14,16-17H2,1-3H3,(H4,25,26,27,28,29,30,31,32);;/q;2*+1/p-2. The van der Waals surface area contributed by atoms with Gasteiger partial charge in [-0.25, -0.2) is 0 Å². The molecule has 11 heteroatoms. The van der Waals surface area contributed by atoms with Crippen LogP contribution in [0.5, 0.6) is 0 Å². The Morgan fingerprint density at radius 2 is 1.71 bits per heavy atom. The van der Waals surface area contributed by atoms with E-state index in [-0.39, 0.29) is 148 Å². The molecule has 0 heterocycles. The fraction of sp³-hybridized carbons (Fsp3) is 0.500. The van der Waals surface area contributed by atoms with Crippen molar-refractivity contribution < 1.29 is 140 Å². The molecule has 9 nitrogen and oxygen atoms in total. The predicted molar refractivity (Wildman–Crippen MR) is 127 cm³/mol. The summed E-state index contributed by atoms with van der Waals surface area (Å²) in [5.74, 6) is -1.17. The number of amides is 3. The Hall–Kier alpha value is 0.410. The molecule has 2 N–H and O–H groups in total. The van der Waals surface area contributed by atoms with Crippen LogP contribution in [0.3, 0.4) is 0 Å². The molecule has 0 unspecified atom stereocenters. The summed E-state index contributed by atoms with van der Waals surface area (Å²) in [5.41, 5.74) is 2.00. The van der Waals surface area contributed by atoms with Crippen LogP contribution >= 0.6 is 0 Å². The number of ether oxygens (including phenoxy) is 1. The number of benzene rings is 1. The molecule has 35 heavy (non-hydrogen) atoms. The summed E-state index contributed by atoms with van der Waals surface area (Å²) in [6.07, 6.45) is 3.27. The molecule has 0 fully saturated rings. The normalized spacial score (nSPS) is 10.3. The Morgan fingerprint density at radius 3 is 2.34 bits per heavy atom. The third-order valence-corrected chi connectivity index (χ3v) is 4.43. The van der Waals surface area contributed by atoms with E-state index in [1.54, 1.807) is 31.3 Å². The van der Waals surface area contributed by atoms with Gasteiger partial charge in [-0.2, -0.15) is 0 Å². The molecular weight excluding hydrogens is 595 g/mol. The summed E-state index contributed by atoms with van der Waals surface area (Å²) in [5, 5.41) is 13.4. The van der Waals surface area contributed by atoms with Gasteiger partial charge in [-0.05, 0) is 25.3 Å². The molecule has 0 aromatic heterocycles. The monoisotopic (exact) mass is 628 g/mol. The van der Waals surface area contributed by atoms with Gasteiger partial charge in [-0.1, -0.05) is 31.2 Å². The maximum Gasteiger partial charge on any atom is 1.00 e. The van der Waals surface area contributed by atoms with Crippen molar-refractivity contribution in [3.05, 3.63) is 52.2 Å². The minimum atomic E-state index is -0.584.